The second-order valence-corrected chi connectivity index (χ2v) is 10.3. The van der Waals surface area contributed by atoms with Gasteiger partial charge in [-0.15, -0.1) is 0 Å². The molecule has 1 fully saturated rings. The molecule has 1 aliphatic rings. The summed E-state index contributed by atoms with van der Waals surface area (Å²) in [5.41, 5.74) is -0.513. The number of halogens is 1. The molecule has 1 aliphatic heterocycles. The van der Waals surface area contributed by atoms with Gasteiger partial charge in [-0.2, -0.15) is 4.39 Å². The zero-order chi connectivity index (χ0) is 23.6. The molecule has 7 nitrogen and oxygen atoms in total. The Morgan fingerprint density at radius 2 is 1.77 bits per heavy atom. The van der Waals surface area contributed by atoms with Crippen LogP contribution in [0.1, 0.15) is 66.1 Å². The van der Waals surface area contributed by atoms with Crippen LogP contribution in [0.4, 0.5) is 10.2 Å². The van der Waals surface area contributed by atoms with Gasteiger partial charge in [-0.25, -0.2) is 4.98 Å². The summed E-state index contributed by atoms with van der Waals surface area (Å²) in [6.07, 6.45) is 0.140. The molecule has 1 aromatic rings. The van der Waals surface area contributed by atoms with Gasteiger partial charge in [0.25, 0.3) is 0 Å². The normalized spacial score (nSPS) is 18.4. The highest BCUT2D eigenvalue weighted by atomic mass is 19.1. The number of rotatable bonds is 5. The van der Waals surface area contributed by atoms with E-state index in [0.29, 0.717) is 12.8 Å². The molecule has 0 aromatic carbocycles. The molecule has 1 amide bonds. The summed E-state index contributed by atoms with van der Waals surface area (Å²) < 4.78 is 18.9. The summed E-state index contributed by atoms with van der Waals surface area (Å²) in [6.45, 7) is 13.2. The number of hydrogen-bond donors (Lipinski definition) is 2. The van der Waals surface area contributed by atoms with Gasteiger partial charge in [0.05, 0.1) is 19.1 Å². The van der Waals surface area contributed by atoms with E-state index in [2.05, 4.69) is 36.0 Å². The van der Waals surface area contributed by atoms with Crippen LogP contribution < -0.4 is 5.32 Å². The van der Waals surface area contributed by atoms with Crippen molar-refractivity contribution in [2.75, 3.05) is 25.5 Å². The van der Waals surface area contributed by atoms with Crippen LogP contribution in [0.15, 0.2) is 12.1 Å². The fraction of sp³-hybridized carbons (Fsp3) is 0.696. The fourth-order valence-corrected chi connectivity index (χ4v) is 3.92. The van der Waals surface area contributed by atoms with E-state index < -0.39 is 29.4 Å². The molecule has 2 rings (SSSR count). The molecule has 0 spiro atoms. The summed E-state index contributed by atoms with van der Waals surface area (Å²) >= 11 is 0. The molecule has 0 saturated carbocycles. The van der Waals surface area contributed by atoms with E-state index in [1.165, 1.54) is 13.2 Å². The highest BCUT2D eigenvalue weighted by Crippen LogP contribution is 2.38. The minimum Gasteiger partial charge on any atom is -0.469 e. The topological polar surface area (TPSA) is 91.8 Å². The van der Waals surface area contributed by atoms with Crippen LogP contribution in [-0.2, 0) is 14.3 Å². The van der Waals surface area contributed by atoms with Gasteiger partial charge in [-0.05, 0) is 64.8 Å². The Labute approximate surface area is 184 Å². The van der Waals surface area contributed by atoms with Crippen molar-refractivity contribution in [3.8, 4) is 0 Å². The average Bonchev–Trinajstić information content (AvgIpc) is 2.67. The first kappa shape index (κ1) is 25.2. The molecular weight excluding hydrogens is 401 g/mol. The summed E-state index contributed by atoms with van der Waals surface area (Å²) in [4.78, 5) is 31.3. The largest absolute Gasteiger partial charge is 0.469 e. The fourth-order valence-electron chi connectivity index (χ4n) is 3.92. The molecule has 2 unspecified atom stereocenters. The Kier molecular flexibility index (Phi) is 7.81. The smallest absolute Gasteiger partial charge is 0.311 e. The van der Waals surface area contributed by atoms with E-state index in [1.54, 1.807) is 20.8 Å². The number of carbonyl (C=O) groups is 2. The standard InChI is InChI=1S/C23H36FN3O4/c1-22(2,3)21(30)26-19-15(8-9-16(24)25-19)18(28)17(20(29)31-7)14-10-12-27(13-11-14)23(4,5)6/h8-9,14,17-18,28H,10-13H2,1-7H3,(H,25,26,30). The number of pyridine rings is 1. The number of ether oxygens (including phenoxy) is 1. The second-order valence-electron chi connectivity index (χ2n) is 10.3. The quantitative estimate of drug-likeness (QED) is 0.541. The third-order valence-electron chi connectivity index (χ3n) is 5.93. The van der Waals surface area contributed by atoms with Crippen molar-refractivity contribution >= 4 is 17.7 Å². The van der Waals surface area contributed by atoms with Crippen LogP contribution in [0.2, 0.25) is 0 Å². The van der Waals surface area contributed by atoms with Crippen LogP contribution in [0.3, 0.4) is 0 Å². The molecule has 31 heavy (non-hydrogen) atoms. The summed E-state index contributed by atoms with van der Waals surface area (Å²) in [7, 11) is 1.29. The number of amides is 1. The van der Waals surface area contributed by atoms with Crippen LogP contribution in [0.25, 0.3) is 0 Å². The summed E-state index contributed by atoms with van der Waals surface area (Å²) in [5, 5.41) is 13.8. The van der Waals surface area contributed by atoms with E-state index in [9.17, 15) is 19.1 Å². The molecule has 2 heterocycles. The molecule has 0 radical (unpaired) electrons. The lowest BCUT2D eigenvalue weighted by Crippen LogP contribution is -2.48. The van der Waals surface area contributed by atoms with Gasteiger partial charge in [0, 0.05) is 16.5 Å². The third-order valence-corrected chi connectivity index (χ3v) is 5.93. The van der Waals surface area contributed by atoms with Crippen molar-refractivity contribution in [2.24, 2.45) is 17.3 Å². The van der Waals surface area contributed by atoms with Gasteiger partial charge in [-0.3, -0.25) is 14.5 Å². The number of piperidine rings is 1. The van der Waals surface area contributed by atoms with Crippen molar-refractivity contribution in [3.63, 3.8) is 0 Å². The van der Waals surface area contributed by atoms with Crippen molar-refractivity contribution in [3.05, 3.63) is 23.6 Å². The van der Waals surface area contributed by atoms with Gasteiger partial charge < -0.3 is 15.2 Å². The number of esters is 1. The number of aliphatic hydroxyl groups is 1. The number of carbonyl (C=O) groups excluding carboxylic acids is 2. The maximum Gasteiger partial charge on any atom is 0.311 e. The van der Waals surface area contributed by atoms with Crippen molar-refractivity contribution in [1.29, 1.82) is 0 Å². The SMILES string of the molecule is COC(=O)C(C1CCN(C(C)(C)C)CC1)C(O)c1ccc(F)nc1NC(=O)C(C)(C)C. The van der Waals surface area contributed by atoms with E-state index in [-0.39, 0.29) is 28.7 Å². The average molecular weight is 438 g/mol. The molecule has 1 saturated heterocycles. The number of aromatic nitrogens is 1. The Bertz CT molecular complexity index is 793. The lowest BCUT2D eigenvalue weighted by molar-refractivity contribution is -0.154. The van der Waals surface area contributed by atoms with E-state index in [0.717, 1.165) is 19.2 Å². The second kappa shape index (κ2) is 9.61. The maximum atomic E-state index is 13.9. The predicted molar refractivity (Wildman–Crippen MR) is 117 cm³/mol. The number of anilines is 1. The predicted octanol–water partition coefficient (Wildman–Crippen LogP) is 3.54. The van der Waals surface area contributed by atoms with Gasteiger partial charge >= 0.3 is 5.97 Å². The third kappa shape index (κ3) is 6.23. The van der Waals surface area contributed by atoms with Crippen LogP contribution >= 0.6 is 0 Å². The Hall–Kier alpha value is -2.06. The van der Waals surface area contributed by atoms with Crippen molar-refractivity contribution in [2.45, 2.75) is 66.0 Å². The number of methoxy groups -OCH3 is 1. The Morgan fingerprint density at radius 1 is 1.19 bits per heavy atom. The first-order chi connectivity index (χ1) is 14.3. The van der Waals surface area contributed by atoms with E-state index >= 15 is 0 Å². The van der Waals surface area contributed by atoms with Gasteiger partial charge in [0.15, 0.2) is 0 Å². The van der Waals surface area contributed by atoms with E-state index in [1.807, 2.05) is 0 Å². The minimum absolute atomic E-state index is 0.0234. The van der Waals surface area contributed by atoms with Gasteiger partial charge in [0.2, 0.25) is 11.9 Å². The lowest BCUT2D eigenvalue weighted by Gasteiger charge is -2.43. The molecule has 2 atom stereocenters. The highest BCUT2D eigenvalue weighted by Gasteiger charge is 2.40. The molecule has 1 aromatic heterocycles. The van der Waals surface area contributed by atoms with Gasteiger partial charge in [0.1, 0.15) is 5.82 Å². The van der Waals surface area contributed by atoms with Gasteiger partial charge in [-0.1, -0.05) is 20.8 Å². The Balaban J connectivity index is 2.33. The first-order valence-electron chi connectivity index (χ1n) is 10.7. The zero-order valence-corrected chi connectivity index (χ0v) is 19.7. The van der Waals surface area contributed by atoms with E-state index in [4.69, 9.17) is 4.74 Å². The molecule has 0 bridgehead atoms. The first-order valence-corrected chi connectivity index (χ1v) is 10.7. The van der Waals surface area contributed by atoms with Crippen LogP contribution in [0, 0.1) is 23.2 Å². The monoisotopic (exact) mass is 437 g/mol. The molecule has 2 N–H and O–H groups in total. The van der Waals surface area contributed by atoms with Crippen molar-refractivity contribution < 1.29 is 23.8 Å². The lowest BCUT2D eigenvalue weighted by atomic mass is 9.78. The molecule has 0 aliphatic carbocycles. The summed E-state index contributed by atoms with van der Waals surface area (Å²) in [6, 6.07) is 2.48. The number of likely N-dealkylation sites (tertiary alicyclic amines) is 1. The number of nitrogens with zero attached hydrogens (tertiary/aromatic N) is 2. The van der Waals surface area contributed by atoms with Crippen LogP contribution in [-0.4, -0.2) is 52.6 Å². The molecular formula is C23H36FN3O4. The van der Waals surface area contributed by atoms with Crippen LogP contribution in [0.5, 0.6) is 0 Å². The van der Waals surface area contributed by atoms with Crippen molar-refractivity contribution in [1.82, 2.24) is 9.88 Å². The Morgan fingerprint density at radius 3 is 2.26 bits per heavy atom. The minimum atomic E-state index is -1.29. The number of hydrogen-bond acceptors (Lipinski definition) is 6. The number of nitrogens with one attached hydrogen (secondary N) is 1. The zero-order valence-electron chi connectivity index (χ0n) is 19.7. The molecule has 174 valence electrons. The summed E-state index contributed by atoms with van der Waals surface area (Å²) in [5.74, 6) is -2.71. The molecule has 8 heteroatoms. The number of aliphatic hydroxyl groups excluding tert-OH is 1. The highest BCUT2D eigenvalue weighted by molar-refractivity contribution is 5.94. The maximum absolute atomic E-state index is 13.9.